The molecule has 0 unspecified atom stereocenters. The number of nitrogens with one attached hydrogen (secondary N) is 2. The van der Waals surface area contributed by atoms with Gasteiger partial charge in [-0.3, -0.25) is 4.99 Å². The second-order valence-corrected chi connectivity index (χ2v) is 12.7. The van der Waals surface area contributed by atoms with Gasteiger partial charge in [-0.15, -0.1) is 0 Å². The topological polar surface area (TPSA) is 108 Å². The molecule has 1 saturated heterocycles. The lowest BCUT2D eigenvalue weighted by molar-refractivity contribution is 0.353. The summed E-state index contributed by atoms with van der Waals surface area (Å²) in [5.74, 6) is 0.582. The van der Waals surface area contributed by atoms with Gasteiger partial charge in [-0.1, -0.05) is 24.3 Å². The number of guanidine groups is 1. The van der Waals surface area contributed by atoms with Crippen molar-refractivity contribution < 1.29 is 16.8 Å². The Morgan fingerprint density at radius 3 is 2.41 bits per heavy atom. The van der Waals surface area contributed by atoms with Crippen LogP contribution in [0.15, 0.2) is 29.3 Å². The molecule has 0 radical (unpaired) electrons. The zero-order valence-electron chi connectivity index (χ0n) is 17.8. The molecule has 1 fully saturated rings. The predicted molar refractivity (Wildman–Crippen MR) is 117 cm³/mol. The maximum Gasteiger partial charge on any atom is 0.216 e. The molecule has 8 nitrogen and oxygen atoms in total. The number of nitrogens with zero attached hydrogens (tertiary/aromatic N) is 2. The van der Waals surface area contributed by atoms with Crippen LogP contribution in [0.1, 0.15) is 38.8 Å². The average Bonchev–Trinajstić information content (AvgIpc) is 2.58. The minimum Gasteiger partial charge on any atom is -0.352 e. The highest BCUT2D eigenvalue weighted by atomic mass is 32.2. The summed E-state index contributed by atoms with van der Waals surface area (Å²) in [6.45, 7) is 8.14. The highest BCUT2D eigenvalue weighted by Crippen LogP contribution is 2.23. The Bertz CT molecular complexity index is 954. The zero-order chi connectivity index (χ0) is 21.9. The summed E-state index contributed by atoms with van der Waals surface area (Å²) >= 11 is 0. The largest absolute Gasteiger partial charge is 0.352 e. The highest BCUT2D eigenvalue weighted by molar-refractivity contribution is 7.92. The number of aliphatic imine (C=N–C) groups is 1. The van der Waals surface area contributed by atoms with Crippen LogP contribution in [-0.4, -0.2) is 64.4 Å². The summed E-state index contributed by atoms with van der Waals surface area (Å²) in [6.07, 6.45) is 0. The van der Waals surface area contributed by atoms with Crippen molar-refractivity contribution in [1.29, 1.82) is 0 Å². The number of hydrogen-bond acceptors (Lipinski definition) is 5. The van der Waals surface area contributed by atoms with Gasteiger partial charge in [0.2, 0.25) is 10.0 Å². The molecule has 0 aromatic heterocycles. The summed E-state index contributed by atoms with van der Waals surface area (Å²) in [4.78, 5) is 6.22. The first-order valence-electron chi connectivity index (χ1n) is 9.61. The van der Waals surface area contributed by atoms with Crippen LogP contribution >= 0.6 is 0 Å². The van der Waals surface area contributed by atoms with Crippen molar-refractivity contribution in [3.05, 3.63) is 35.4 Å². The molecule has 0 atom stereocenters. The van der Waals surface area contributed by atoms with E-state index in [4.69, 9.17) is 0 Å². The highest BCUT2D eigenvalue weighted by Gasteiger charge is 2.40. The van der Waals surface area contributed by atoms with E-state index in [9.17, 15) is 16.8 Å². The van der Waals surface area contributed by atoms with E-state index >= 15 is 0 Å². The number of hydrogen-bond donors (Lipinski definition) is 2. The first-order valence-corrected chi connectivity index (χ1v) is 12.9. The van der Waals surface area contributed by atoms with Gasteiger partial charge in [-0.2, -0.15) is 0 Å². The average molecular weight is 445 g/mol. The van der Waals surface area contributed by atoms with Crippen molar-refractivity contribution in [3.8, 4) is 0 Å². The molecule has 1 aromatic rings. The van der Waals surface area contributed by atoms with Gasteiger partial charge >= 0.3 is 0 Å². The van der Waals surface area contributed by atoms with Gasteiger partial charge in [0.05, 0.1) is 16.3 Å². The van der Waals surface area contributed by atoms with Crippen LogP contribution in [0, 0.1) is 0 Å². The number of benzene rings is 1. The third kappa shape index (κ3) is 6.16. The molecule has 0 amide bonds. The van der Waals surface area contributed by atoms with Gasteiger partial charge in [0, 0.05) is 32.7 Å². The Hall–Kier alpha value is -1.65. The lowest BCUT2D eigenvalue weighted by atomic mass is 10.1. The number of sulfone groups is 1. The minimum atomic E-state index is -3.43. The van der Waals surface area contributed by atoms with Crippen molar-refractivity contribution in [2.24, 2.45) is 4.99 Å². The lowest BCUT2D eigenvalue weighted by Crippen LogP contribution is -2.57. The molecule has 0 saturated carbocycles. The van der Waals surface area contributed by atoms with Crippen LogP contribution in [0.25, 0.3) is 0 Å². The number of rotatable bonds is 6. The Labute approximate surface area is 174 Å². The van der Waals surface area contributed by atoms with Crippen molar-refractivity contribution in [1.82, 2.24) is 14.9 Å². The standard InChI is InChI=1S/C19H32N4O4S2/c1-15(2)22-29(26,27)13-17-9-7-6-8-16(17)12-21-18(20-5)23-10-11-28(24,25)19(3,4)14-23/h6-9,15,22H,10-14H2,1-5H3,(H,20,21). The van der Waals surface area contributed by atoms with Gasteiger partial charge in [0.15, 0.2) is 15.8 Å². The summed E-state index contributed by atoms with van der Waals surface area (Å²) in [6, 6.07) is 7.20. The molecule has 29 heavy (non-hydrogen) atoms. The van der Waals surface area contributed by atoms with Gasteiger partial charge in [0.25, 0.3) is 0 Å². The molecule has 1 aromatic carbocycles. The molecule has 2 rings (SSSR count). The van der Waals surface area contributed by atoms with E-state index in [-0.39, 0.29) is 17.5 Å². The summed E-state index contributed by atoms with van der Waals surface area (Å²) in [5.41, 5.74) is 1.57. The van der Waals surface area contributed by atoms with Gasteiger partial charge in [-0.25, -0.2) is 21.6 Å². The Morgan fingerprint density at radius 2 is 1.86 bits per heavy atom. The SMILES string of the molecule is CN=C(NCc1ccccc1CS(=O)(=O)NC(C)C)N1CCS(=O)(=O)C(C)(C)C1. The third-order valence-corrected chi connectivity index (χ3v) is 8.93. The smallest absolute Gasteiger partial charge is 0.216 e. The van der Waals surface area contributed by atoms with Crippen LogP contribution in [0.5, 0.6) is 0 Å². The van der Waals surface area contributed by atoms with Crippen LogP contribution < -0.4 is 10.0 Å². The van der Waals surface area contributed by atoms with E-state index in [1.165, 1.54) is 0 Å². The maximum atomic E-state index is 12.3. The van der Waals surface area contributed by atoms with Crippen LogP contribution in [-0.2, 0) is 32.2 Å². The van der Waals surface area contributed by atoms with E-state index in [1.807, 2.05) is 23.1 Å². The molecule has 10 heteroatoms. The molecular formula is C19H32N4O4S2. The predicted octanol–water partition coefficient (Wildman–Crippen LogP) is 1.10. The molecule has 164 valence electrons. The second-order valence-electron chi connectivity index (χ2n) is 8.20. The van der Waals surface area contributed by atoms with E-state index in [2.05, 4.69) is 15.0 Å². The quantitative estimate of drug-likeness (QED) is 0.502. The van der Waals surface area contributed by atoms with Crippen LogP contribution in [0.3, 0.4) is 0 Å². The van der Waals surface area contributed by atoms with Gasteiger partial charge in [-0.05, 0) is 38.8 Å². The molecular weight excluding hydrogens is 412 g/mol. The lowest BCUT2D eigenvalue weighted by Gasteiger charge is -2.39. The first kappa shape index (κ1) is 23.6. The maximum absolute atomic E-state index is 12.3. The molecule has 1 aliphatic heterocycles. The van der Waals surface area contributed by atoms with E-state index in [0.717, 1.165) is 5.56 Å². The molecule has 1 heterocycles. The van der Waals surface area contributed by atoms with Crippen molar-refractivity contribution in [2.45, 2.75) is 50.8 Å². The fourth-order valence-electron chi connectivity index (χ4n) is 3.31. The van der Waals surface area contributed by atoms with Crippen LogP contribution in [0.2, 0.25) is 0 Å². The summed E-state index contributed by atoms with van der Waals surface area (Å²) in [7, 11) is -4.92. The summed E-state index contributed by atoms with van der Waals surface area (Å²) in [5, 5.41) is 3.25. The second kappa shape index (κ2) is 9.01. The van der Waals surface area contributed by atoms with E-state index in [0.29, 0.717) is 31.2 Å². The van der Waals surface area contributed by atoms with E-state index in [1.54, 1.807) is 40.8 Å². The Balaban J connectivity index is 2.11. The molecule has 0 bridgehead atoms. The van der Waals surface area contributed by atoms with Crippen molar-refractivity contribution >= 4 is 25.8 Å². The minimum absolute atomic E-state index is 0.0798. The molecule has 2 N–H and O–H groups in total. The summed E-state index contributed by atoms with van der Waals surface area (Å²) < 4.78 is 50.9. The third-order valence-electron chi connectivity index (χ3n) is 4.87. The Morgan fingerprint density at radius 1 is 1.24 bits per heavy atom. The fourth-order valence-corrected chi connectivity index (χ4v) is 6.17. The van der Waals surface area contributed by atoms with Crippen molar-refractivity contribution in [3.63, 3.8) is 0 Å². The Kier molecular flexibility index (Phi) is 7.34. The molecule has 0 spiro atoms. The van der Waals surface area contributed by atoms with Gasteiger partial charge < -0.3 is 10.2 Å². The van der Waals surface area contributed by atoms with Crippen molar-refractivity contribution in [2.75, 3.05) is 25.9 Å². The number of sulfonamides is 1. The molecule has 1 aliphatic rings. The first-order chi connectivity index (χ1) is 13.4. The van der Waals surface area contributed by atoms with E-state index < -0.39 is 24.6 Å². The zero-order valence-corrected chi connectivity index (χ0v) is 19.4. The van der Waals surface area contributed by atoms with Gasteiger partial charge in [0.1, 0.15) is 0 Å². The fraction of sp³-hybridized carbons (Fsp3) is 0.632. The normalized spacial score (nSPS) is 19.4. The van der Waals surface area contributed by atoms with Crippen LogP contribution in [0.4, 0.5) is 0 Å². The molecule has 0 aliphatic carbocycles. The monoisotopic (exact) mass is 444 g/mol.